The molecule has 1 aromatic heterocycles. The Morgan fingerprint density at radius 1 is 1.17 bits per heavy atom. The molecule has 0 fully saturated rings. The van der Waals surface area contributed by atoms with Crippen LogP contribution in [0, 0.1) is 0 Å². The number of ether oxygens (including phenoxy) is 1. The summed E-state index contributed by atoms with van der Waals surface area (Å²) in [4.78, 5) is 27.8. The molecule has 0 saturated carbocycles. The van der Waals surface area contributed by atoms with Gasteiger partial charge in [0.15, 0.2) is 6.61 Å². The van der Waals surface area contributed by atoms with Gasteiger partial charge in [0.25, 0.3) is 0 Å². The molecule has 0 aliphatic heterocycles. The van der Waals surface area contributed by atoms with Crippen molar-refractivity contribution in [3.05, 3.63) is 64.8 Å². The number of aromatic amines is 1. The number of hydrogen-bond donors (Lipinski definition) is 2. The molecule has 0 radical (unpaired) electrons. The molecule has 0 saturated heterocycles. The van der Waals surface area contributed by atoms with Gasteiger partial charge >= 0.3 is 5.97 Å². The van der Waals surface area contributed by atoms with Crippen LogP contribution in [-0.2, 0) is 26.0 Å². The van der Waals surface area contributed by atoms with E-state index in [1.807, 2.05) is 25.1 Å². The summed E-state index contributed by atoms with van der Waals surface area (Å²) < 4.78 is 32.0. The summed E-state index contributed by atoms with van der Waals surface area (Å²) >= 11 is 5.76. The molecule has 9 heteroatoms. The van der Waals surface area contributed by atoms with E-state index in [9.17, 15) is 18.0 Å². The van der Waals surface area contributed by atoms with Gasteiger partial charge in [-0.2, -0.15) is 4.72 Å². The molecule has 0 amide bonds. The molecule has 2 N–H and O–H groups in total. The summed E-state index contributed by atoms with van der Waals surface area (Å²) in [6.07, 6.45) is 2.40. The van der Waals surface area contributed by atoms with E-state index in [1.54, 1.807) is 6.20 Å². The minimum atomic E-state index is -3.94. The Kier molecular flexibility index (Phi) is 6.60. The summed E-state index contributed by atoms with van der Waals surface area (Å²) in [5.41, 5.74) is 2.37. The Balaban J connectivity index is 1.64. The number of esters is 1. The highest BCUT2D eigenvalue weighted by molar-refractivity contribution is 7.89. The number of nitrogens with one attached hydrogen (secondary N) is 2. The van der Waals surface area contributed by atoms with Crippen molar-refractivity contribution in [3.63, 3.8) is 0 Å². The molecule has 3 aromatic rings. The number of para-hydroxylation sites is 1. The Morgan fingerprint density at radius 3 is 2.53 bits per heavy atom. The number of aryl methyl sites for hydroxylation is 1. The largest absolute Gasteiger partial charge is 0.456 e. The molecule has 158 valence electrons. The van der Waals surface area contributed by atoms with Gasteiger partial charge in [-0.3, -0.25) is 9.59 Å². The van der Waals surface area contributed by atoms with Gasteiger partial charge in [0.05, 0.1) is 4.90 Å². The monoisotopic (exact) mass is 448 g/mol. The molecule has 1 heterocycles. The maximum Gasteiger partial charge on any atom is 0.324 e. The van der Waals surface area contributed by atoms with Crippen molar-refractivity contribution in [2.24, 2.45) is 0 Å². The van der Waals surface area contributed by atoms with Crippen LogP contribution in [0.2, 0.25) is 5.02 Å². The maximum absolute atomic E-state index is 12.5. The topological polar surface area (TPSA) is 105 Å². The fourth-order valence-corrected chi connectivity index (χ4v) is 4.36. The summed E-state index contributed by atoms with van der Waals surface area (Å²) in [7, 11) is -3.94. The zero-order chi connectivity index (χ0) is 21.9. The number of fused-ring (bicyclic) bond motifs is 1. The van der Waals surface area contributed by atoms with Gasteiger partial charge in [-0.15, -0.1) is 0 Å². The lowest BCUT2D eigenvalue weighted by molar-refractivity contribution is -0.144. The quantitative estimate of drug-likeness (QED) is 0.405. The highest BCUT2D eigenvalue weighted by atomic mass is 35.5. The number of sulfonamides is 1. The van der Waals surface area contributed by atoms with Crippen LogP contribution in [0.5, 0.6) is 0 Å². The zero-order valence-corrected chi connectivity index (χ0v) is 18.0. The van der Waals surface area contributed by atoms with E-state index < -0.39 is 28.6 Å². The van der Waals surface area contributed by atoms with Crippen molar-refractivity contribution in [3.8, 4) is 0 Å². The molecule has 1 atom stereocenters. The Labute approximate surface area is 179 Å². The molecular weight excluding hydrogens is 428 g/mol. The van der Waals surface area contributed by atoms with Crippen molar-refractivity contribution in [1.29, 1.82) is 0 Å². The van der Waals surface area contributed by atoms with Gasteiger partial charge in [0.2, 0.25) is 15.8 Å². The van der Waals surface area contributed by atoms with E-state index in [-0.39, 0.29) is 10.7 Å². The van der Waals surface area contributed by atoms with E-state index in [2.05, 4.69) is 9.71 Å². The lowest BCUT2D eigenvalue weighted by Gasteiger charge is -2.13. The predicted octanol–water partition coefficient (Wildman–Crippen LogP) is 3.48. The number of carbonyl (C=O) groups is 2. The van der Waals surface area contributed by atoms with Crippen molar-refractivity contribution in [2.75, 3.05) is 6.61 Å². The molecule has 0 aliphatic rings. The highest BCUT2D eigenvalue weighted by Gasteiger charge is 2.24. The number of benzene rings is 2. The summed E-state index contributed by atoms with van der Waals surface area (Å²) in [5, 5.41) is 1.15. The second-order valence-corrected chi connectivity index (χ2v) is 8.87. The summed E-state index contributed by atoms with van der Waals surface area (Å²) in [6.45, 7) is 2.88. The van der Waals surface area contributed by atoms with Gasteiger partial charge in [-0.25, -0.2) is 8.42 Å². The van der Waals surface area contributed by atoms with Crippen LogP contribution in [0.3, 0.4) is 0 Å². The second-order valence-electron chi connectivity index (χ2n) is 6.72. The number of aromatic nitrogens is 1. The molecule has 7 nitrogen and oxygen atoms in total. The van der Waals surface area contributed by atoms with Crippen LogP contribution in [0.25, 0.3) is 10.9 Å². The predicted molar refractivity (Wildman–Crippen MR) is 114 cm³/mol. The summed E-state index contributed by atoms with van der Waals surface area (Å²) in [6, 6.07) is 10.0. The highest BCUT2D eigenvalue weighted by Crippen LogP contribution is 2.22. The molecular formula is C21H21ClN2O5S. The van der Waals surface area contributed by atoms with Gasteiger partial charge < -0.3 is 9.72 Å². The van der Waals surface area contributed by atoms with Crippen molar-refractivity contribution in [1.82, 2.24) is 9.71 Å². The first-order valence-corrected chi connectivity index (χ1v) is 11.2. The lowest BCUT2D eigenvalue weighted by atomic mass is 10.1. The maximum atomic E-state index is 12.5. The number of hydrogen-bond acceptors (Lipinski definition) is 5. The third-order valence-corrected chi connectivity index (χ3v) is 6.45. The van der Waals surface area contributed by atoms with Crippen LogP contribution in [0.15, 0.2) is 53.6 Å². The van der Waals surface area contributed by atoms with E-state index >= 15 is 0 Å². The van der Waals surface area contributed by atoms with Crippen molar-refractivity contribution >= 4 is 44.3 Å². The molecule has 0 spiro atoms. The van der Waals surface area contributed by atoms with Gasteiger partial charge in [0, 0.05) is 27.7 Å². The molecule has 30 heavy (non-hydrogen) atoms. The van der Waals surface area contributed by atoms with Gasteiger partial charge in [0.1, 0.15) is 6.04 Å². The number of Topliss-reactive ketones (excluding diaryl/α,β-unsaturated/α-hetero) is 1. The number of ketones is 1. The zero-order valence-electron chi connectivity index (χ0n) is 16.4. The standard InChI is InChI=1S/C21H21ClN2O5S/c1-3-14-5-4-6-17-18(11-23-20(14)17)19(25)12-29-21(26)13(2)24-30(27,28)16-9-7-15(22)8-10-16/h4-11,13,23-24H,3,12H2,1-2H3/t13-/m0/s1. The van der Waals surface area contributed by atoms with Gasteiger partial charge in [-0.1, -0.05) is 36.7 Å². The number of halogens is 1. The van der Waals surface area contributed by atoms with Crippen LogP contribution in [-0.4, -0.2) is 37.8 Å². The van der Waals surface area contributed by atoms with Crippen molar-refractivity contribution in [2.45, 2.75) is 31.2 Å². The molecule has 0 aliphatic carbocycles. The number of rotatable bonds is 8. The molecule has 3 rings (SSSR count). The normalized spacial score (nSPS) is 12.6. The SMILES string of the molecule is CCc1cccc2c(C(=O)COC(=O)[C@H](C)NS(=O)(=O)c3ccc(Cl)cc3)c[nH]c12. The van der Waals surface area contributed by atoms with Crippen molar-refractivity contribution < 1.29 is 22.7 Å². The number of carbonyl (C=O) groups excluding carboxylic acids is 2. The first kappa shape index (κ1) is 22.0. The Hall–Kier alpha value is -2.68. The minimum Gasteiger partial charge on any atom is -0.456 e. The van der Waals surface area contributed by atoms with E-state index in [0.717, 1.165) is 22.9 Å². The third kappa shape index (κ3) is 4.72. The Morgan fingerprint density at radius 2 is 1.87 bits per heavy atom. The smallest absolute Gasteiger partial charge is 0.324 e. The molecule has 0 unspecified atom stereocenters. The Bertz CT molecular complexity index is 1190. The van der Waals surface area contributed by atoms with Crippen LogP contribution >= 0.6 is 11.6 Å². The molecule has 2 aromatic carbocycles. The average molecular weight is 449 g/mol. The fraction of sp³-hybridized carbons (Fsp3) is 0.238. The van der Waals surface area contributed by atoms with E-state index in [1.165, 1.54) is 31.2 Å². The summed E-state index contributed by atoms with van der Waals surface area (Å²) in [5.74, 6) is -1.23. The van der Waals surface area contributed by atoms with Crippen LogP contribution in [0.1, 0.15) is 29.8 Å². The lowest BCUT2D eigenvalue weighted by Crippen LogP contribution is -2.40. The molecule has 0 bridgehead atoms. The first-order valence-electron chi connectivity index (χ1n) is 9.29. The fourth-order valence-electron chi connectivity index (χ4n) is 3.04. The average Bonchev–Trinajstić information content (AvgIpc) is 3.16. The van der Waals surface area contributed by atoms with Crippen LogP contribution < -0.4 is 4.72 Å². The van der Waals surface area contributed by atoms with Crippen LogP contribution in [0.4, 0.5) is 0 Å². The van der Waals surface area contributed by atoms with E-state index in [0.29, 0.717) is 10.6 Å². The first-order chi connectivity index (χ1) is 14.2. The minimum absolute atomic E-state index is 0.0341. The second kappa shape index (κ2) is 8.99. The van der Waals surface area contributed by atoms with Gasteiger partial charge in [-0.05, 0) is 43.2 Å². The number of H-pyrrole nitrogens is 1. The third-order valence-electron chi connectivity index (χ3n) is 4.64. The van der Waals surface area contributed by atoms with E-state index in [4.69, 9.17) is 16.3 Å².